The van der Waals surface area contributed by atoms with E-state index in [9.17, 15) is 27.6 Å². The summed E-state index contributed by atoms with van der Waals surface area (Å²) in [6.45, 7) is 1.49. The molecule has 3 N–H and O–H groups in total. The zero-order valence-corrected chi connectivity index (χ0v) is 19.8. The summed E-state index contributed by atoms with van der Waals surface area (Å²) in [4.78, 5) is 39.2. The van der Waals surface area contributed by atoms with Gasteiger partial charge in [-0.2, -0.15) is 13.2 Å². The van der Waals surface area contributed by atoms with Crippen molar-refractivity contribution >= 4 is 34.8 Å². The van der Waals surface area contributed by atoms with Crippen LogP contribution in [0.1, 0.15) is 39.1 Å². The van der Waals surface area contributed by atoms with Crippen molar-refractivity contribution in [3.05, 3.63) is 89.5 Å². The number of benzene rings is 3. The fraction of sp³-hybridized carbons (Fsp3) is 0.222. The highest BCUT2D eigenvalue weighted by Crippen LogP contribution is 2.30. The van der Waals surface area contributed by atoms with E-state index in [-0.39, 0.29) is 29.6 Å². The minimum Gasteiger partial charge on any atom is -0.376 e. The standard InChI is InChI=1S/C27H25F3N4O3/c28-27(29,30)20-6-4-8-23(16-20)33-25(36)19-5-3-7-22(15-19)32-24(35)17-31-21-11-9-18(10-12-21)26(37)34-13-1-2-14-34/h3-12,15-16,31H,1-2,13-14,17H2,(H,32,35)(H,33,36). The van der Waals surface area contributed by atoms with Gasteiger partial charge in [0, 0.05) is 41.3 Å². The Kier molecular flexibility index (Phi) is 7.76. The van der Waals surface area contributed by atoms with Gasteiger partial charge in [0.25, 0.3) is 11.8 Å². The van der Waals surface area contributed by atoms with E-state index in [1.807, 2.05) is 4.90 Å². The molecule has 1 aliphatic heterocycles. The minimum atomic E-state index is -4.52. The lowest BCUT2D eigenvalue weighted by Gasteiger charge is -2.15. The molecule has 3 aromatic rings. The zero-order valence-electron chi connectivity index (χ0n) is 19.8. The molecule has 1 heterocycles. The third-order valence-electron chi connectivity index (χ3n) is 5.83. The molecule has 0 atom stereocenters. The molecular formula is C27H25F3N4O3. The van der Waals surface area contributed by atoms with E-state index in [0.29, 0.717) is 16.9 Å². The minimum absolute atomic E-state index is 0.00114. The number of nitrogens with one attached hydrogen (secondary N) is 3. The second kappa shape index (κ2) is 11.2. The van der Waals surface area contributed by atoms with Crippen molar-refractivity contribution in [2.45, 2.75) is 19.0 Å². The van der Waals surface area contributed by atoms with Crippen LogP contribution in [0.5, 0.6) is 0 Å². The quantitative estimate of drug-likeness (QED) is 0.405. The molecule has 10 heteroatoms. The molecule has 0 aliphatic carbocycles. The Bertz CT molecular complexity index is 1290. The topological polar surface area (TPSA) is 90.5 Å². The number of carbonyl (C=O) groups excluding carboxylic acids is 3. The number of nitrogens with zero attached hydrogens (tertiary/aromatic N) is 1. The first-order chi connectivity index (χ1) is 17.7. The van der Waals surface area contributed by atoms with Crippen LogP contribution >= 0.6 is 0 Å². The summed E-state index contributed by atoms with van der Waals surface area (Å²) in [7, 11) is 0. The third kappa shape index (κ3) is 6.87. The van der Waals surface area contributed by atoms with E-state index < -0.39 is 17.6 Å². The number of alkyl halides is 3. The number of anilines is 3. The molecule has 0 saturated carbocycles. The van der Waals surface area contributed by atoms with Gasteiger partial charge in [-0.3, -0.25) is 14.4 Å². The number of hydrogen-bond acceptors (Lipinski definition) is 4. The van der Waals surface area contributed by atoms with Crippen molar-refractivity contribution in [2.24, 2.45) is 0 Å². The molecule has 1 aliphatic rings. The lowest BCUT2D eigenvalue weighted by Crippen LogP contribution is -2.27. The van der Waals surface area contributed by atoms with Crippen LogP contribution < -0.4 is 16.0 Å². The van der Waals surface area contributed by atoms with Gasteiger partial charge in [0.15, 0.2) is 0 Å². The monoisotopic (exact) mass is 510 g/mol. The Morgan fingerprint density at radius 1 is 0.757 bits per heavy atom. The van der Waals surface area contributed by atoms with E-state index >= 15 is 0 Å². The van der Waals surface area contributed by atoms with Crippen LogP contribution in [0, 0.1) is 0 Å². The van der Waals surface area contributed by atoms with Crippen molar-refractivity contribution < 1.29 is 27.6 Å². The SMILES string of the molecule is O=C(CNc1ccc(C(=O)N2CCCC2)cc1)Nc1cccc(C(=O)Nc2cccc(C(F)(F)F)c2)c1. The lowest BCUT2D eigenvalue weighted by atomic mass is 10.1. The molecule has 7 nitrogen and oxygen atoms in total. The second-order valence-corrected chi connectivity index (χ2v) is 8.59. The Hall–Kier alpha value is -4.34. The average Bonchev–Trinajstić information content (AvgIpc) is 3.42. The molecule has 3 aromatic carbocycles. The molecule has 0 radical (unpaired) electrons. The first-order valence-corrected chi connectivity index (χ1v) is 11.7. The average molecular weight is 511 g/mol. The number of hydrogen-bond donors (Lipinski definition) is 3. The molecule has 192 valence electrons. The van der Waals surface area contributed by atoms with Crippen molar-refractivity contribution in [2.75, 3.05) is 35.6 Å². The van der Waals surface area contributed by atoms with Crippen LogP contribution in [0.15, 0.2) is 72.8 Å². The fourth-order valence-electron chi connectivity index (χ4n) is 3.94. The first kappa shape index (κ1) is 25.7. The largest absolute Gasteiger partial charge is 0.416 e. The van der Waals surface area contributed by atoms with Gasteiger partial charge in [-0.1, -0.05) is 12.1 Å². The van der Waals surface area contributed by atoms with Gasteiger partial charge in [0.05, 0.1) is 12.1 Å². The van der Waals surface area contributed by atoms with Crippen LogP contribution in [0.25, 0.3) is 0 Å². The molecular weight excluding hydrogens is 485 g/mol. The number of carbonyl (C=O) groups is 3. The van der Waals surface area contributed by atoms with Gasteiger partial charge >= 0.3 is 6.18 Å². The van der Waals surface area contributed by atoms with Crippen LogP contribution in [0.3, 0.4) is 0 Å². The number of halogens is 3. The van der Waals surface area contributed by atoms with Crippen LogP contribution in [-0.2, 0) is 11.0 Å². The van der Waals surface area contributed by atoms with Gasteiger partial charge < -0.3 is 20.9 Å². The maximum Gasteiger partial charge on any atom is 0.416 e. The van der Waals surface area contributed by atoms with Crippen molar-refractivity contribution in [3.8, 4) is 0 Å². The summed E-state index contributed by atoms with van der Waals surface area (Å²) in [6.07, 6.45) is -2.49. The number of likely N-dealkylation sites (tertiary alicyclic amines) is 1. The molecule has 0 spiro atoms. The smallest absolute Gasteiger partial charge is 0.376 e. The highest BCUT2D eigenvalue weighted by Gasteiger charge is 2.30. The number of rotatable bonds is 7. The van der Waals surface area contributed by atoms with Gasteiger partial charge in [0.1, 0.15) is 0 Å². The van der Waals surface area contributed by atoms with Gasteiger partial charge in [-0.05, 0) is 73.5 Å². The van der Waals surface area contributed by atoms with Crippen LogP contribution in [0.2, 0.25) is 0 Å². The Morgan fingerprint density at radius 3 is 2.08 bits per heavy atom. The second-order valence-electron chi connectivity index (χ2n) is 8.59. The maximum atomic E-state index is 12.9. The van der Waals surface area contributed by atoms with E-state index in [1.54, 1.807) is 36.4 Å². The molecule has 4 rings (SSSR count). The van der Waals surface area contributed by atoms with Crippen molar-refractivity contribution in [1.29, 1.82) is 0 Å². The molecule has 0 aromatic heterocycles. The summed E-state index contributed by atoms with van der Waals surface area (Å²) in [5.41, 5.74) is 0.925. The Labute approximate surface area is 211 Å². The van der Waals surface area contributed by atoms with E-state index in [2.05, 4.69) is 16.0 Å². The normalized spacial score (nSPS) is 13.2. The molecule has 37 heavy (non-hydrogen) atoms. The zero-order chi connectivity index (χ0) is 26.4. The van der Waals surface area contributed by atoms with E-state index in [4.69, 9.17) is 0 Å². The maximum absolute atomic E-state index is 12.9. The van der Waals surface area contributed by atoms with E-state index in [0.717, 1.165) is 38.1 Å². The van der Waals surface area contributed by atoms with Crippen LogP contribution in [-0.4, -0.2) is 42.3 Å². The fourth-order valence-corrected chi connectivity index (χ4v) is 3.94. The van der Waals surface area contributed by atoms with Gasteiger partial charge in [-0.25, -0.2) is 0 Å². The van der Waals surface area contributed by atoms with Crippen molar-refractivity contribution in [1.82, 2.24) is 4.90 Å². The Morgan fingerprint density at radius 2 is 1.41 bits per heavy atom. The first-order valence-electron chi connectivity index (χ1n) is 11.7. The molecule has 1 fully saturated rings. The number of amides is 3. The summed E-state index contributed by atoms with van der Waals surface area (Å²) in [6, 6.07) is 17.3. The van der Waals surface area contributed by atoms with Crippen molar-refractivity contribution in [3.63, 3.8) is 0 Å². The summed E-state index contributed by atoms with van der Waals surface area (Å²) >= 11 is 0. The lowest BCUT2D eigenvalue weighted by molar-refractivity contribution is -0.137. The third-order valence-corrected chi connectivity index (χ3v) is 5.83. The molecule has 3 amide bonds. The van der Waals surface area contributed by atoms with Gasteiger partial charge in [-0.15, -0.1) is 0 Å². The summed E-state index contributed by atoms with van der Waals surface area (Å²) in [5, 5.41) is 8.09. The Balaban J connectivity index is 1.30. The molecule has 0 unspecified atom stereocenters. The van der Waals surface area contributed by atoms with E-state index in [1.165, 1.54) is 24.3 Å². The van der Waals surface area contributed by atoms with Crippen LogP contribution in [0.4, 0.5) is 30.2 Å². The molecule has 0 bridgehead atoms. The predicted molar refractivity (Wildman–Crippen MR) is 135 cm³/mol. The highest BCUT2D eigenvalue weighted by molar-refractivity contribution is 6.05. The summed E-state index contributed by atoms with van der Waals surface area (Å²) < 4.78 is 38.7. The summed E-state index contributed by atoms with van der Waals surface area (Å²) in [5.74, 6) is -0.983. The predicted octanol–water partition coefficient (Wildman–Crippen LogP) is 5.24. The highest BCUT2D eigenvalue weighted by atomic mass is 19.4. The molecule has 1 saturated heterocycles. The van der Waals surface area contributed by atoms with Gasteiger partial charge in [0.2, 0.25) is 5.91 Å².